The molecule has 3 nitrogen and oxygen atoms in total. The summed E-state index contributed by atoms with van der Waals surface area (Å²) >= 11 is 0. The van der Waals surface area contributed by atoms with Crippen LogP contribution in [0.15, 0.2) is 0 Å². The number of nitrogens with two attached hydrogens (primary N) is 1. The minimum absolute atomic E-state index is 0.0744. The molecule has 0 aromatic carbocycles. The van der Waals surface area contributed by atoms with Gasteiger partial charge in [0.25, 0.3) is 0 Å². The molecule has 118 valence electrons. The van der Waals surface area contributed by atoms with E-state index in [0.717, 1.165) is 0 Å². The molecule has 3 N–H and O–H groups in total. The third-order valence-electron chi connectivity index (χ3n) is 3.53. The predicted octanol–water partition coefficient (Wildman–Crippen LogP) is 2.50. The van der Waals surface area contributed by atoms with Gasteiger partial charge in [-0.2, -0.15) is 26.3 Å². The van der Waals surface area contributed by atoms with E-state index in [1.165, 1.54) is 0 Å². The standard InChI is InChI=1S/C11H16F6N2O/c1-9(18,11(15,16)17)8(20)19-7-4-2-3-6(5-7)10(12,13)14/h6-7H,2-5,18H2,1H3,(H,19,20). The van der Waals surface area contributed by atoms with Gasteiger partial charge in [0.1, 0.15) is 0 Å². The van der Waals surface area contributed by atoms with Crippen LogP contribution >= 0.6 is 0 Å². The molecule has 0 spiro atoms. The number of nitrogens with one attached hydrogen (secondary N) is 1. The van der Waals surface area contributed by atoms with Gasteiger partial charge in [-0.1, -0.05) is 6.42 Å². The van der Waals surface area contributed by atoms with Gasteiger partial charge in [-0.05, 0) is 26.2 Å². The zero-order valence-corrected chi connectivity index (χ0v) is 10.7. The lowest BCUT2D eigenvalue weighted by molar-refractivity contribution is -0.191. The Kier molecular flexibility index (Phi) is 4.62. The van der Waals surface area contributed by atoms with Crippen LogP contribution in [0.25, 0.3) is 0 Å². The molecule has 0 radical (unpaired) electrons. The average Bonchev–Trinajstić information content (AvgIpc) is 2.26. The molecule has 1 fully saturated rings. The summed E-state index contributed by atoms with van der Waals surface area (Å²) in [6.07, 6.45) is -9.44. The van der Waals surface area contributed by atoms with E-state index in [1.807, 2.05) is 5.32 Å². The van der Waals surface area contributed by atoms with Gasteiger partial charge in [0.2, 0.25) is 5.91 Å². The van der Waals surface area contributed by atoms with Gasteiger partial charge in [0.05, 0.1) is 5.92 Å². The molecule has 1 aliphatic carbocycles. The topological polar surface area (TPSA) is 55.1 Å². The van der Waals surface area contributed by atoms with Gasteiger partial charge in [-0.15, -0.1) is 0 Å². The van der Waals surface area contributed by atoms with Crippen molar-refractivity contribution in [2.45, 2.75) is 56.5 Å². The fourth-order valence-corrected chi connectivity index (χ4v) is 2.08. The summed E-state index contributed by atoms with van der Waals surface area (Å²) in [7, 11) is 0. The third kappa shape index (κ3) is 3.77. The third-order valence-corrected chi connectivity index (χ3v) is 3.53. The second-order valence-corrected chi connectivity index (χ2v) is 5.28. The Bertz CT molecular complexity index is 363. The summed E-state index contributed by atoms with van der Waals surface area (Å²) in [5.74, 6) is -3.10. The van der Waals surface area contributed by atoms with E-state index in [9.17, 15) is 31.1 Å². The average molecular weight is 306 g/mol. The normalized spacial score (nSPS) is 27.8. The maximum Gasteiger partial charge on any atom is 0.415 e. The summed E-state index contributed by atoms with van der Waals surface area (Å²) in [6, 6.07) is -0.937. The SMILES string of the molecule is CC(N)(C(=O)NC1CCCC(C(F)(F)F)C1)C(F)(F)F. The van der Waals surface area contributed by atoms with Crippen molar-refractivity contribution >= 4 is 5.91 Å². The Morgan fingerprint density at radius 2 is 1.70 bits per heavy atom. The molecule has 1 rings (SSSR count). The van der Waals surface area contributed by atoms with Crippen LogP contribution in [0.1, 0.15) is 32.6 Å². The number of amides is 1. The van der Waals surface area contributed by atoms with Crippen molar-refractivity contribution in [1.29, 1.82) is 0 Å². The second-order valence-electron chi connectivity index (χ2n) is 5.28. The molecule has 20 heavy (non-hydrogen) atoms. The quantitative estimate of drug-likeness (QED) is 0.770. The van der Waals surface area contributed by atoms with Crippen LogP contribution in [-0.4, -0.2) is 29.8 Å². The van der Waals surface area contributed by atoms with Gasteiger partial charge in [0, 0.05) is 6.04 Å². The van der Waals surface area contributed by atoms with Crippen LogP contribution in [0.2, 0.25) is 0 Å². The van der Waals surface area contributed by atoms with Crippen LogP contribution in [0, 0.1) is 5.92 Å². The first-order valence-electron chi connectivity index (χ1n) is 6.09. The van der Waals surface area contributed by atoms with Crippen LogP contribution in [0.4, 0.5) is 26.3 Å². The van der Waals surface area contributed by atoms with E-state index < -0.39 is 42.2 Å². The van der Waals surface area contributed by atoms with E-state index >= 15 is 0 Å². The smallest absolute Gasteiger partial charge is 0.351 e. The largest absolute Gasteiger partial charge is 0.415 e. The highest BCUT2D eigenvalue weighted by molar-refractivity contribution is 5.86. The zero-order valence-electron chi connectivity index (χ0n) is 10.7. The first-order valence-corrected chi connectivity index (χ1v) is 6.09. The molecule has 0 aromatic rings. The first kappa shape index (κ1) is 17.1. The Labute approximate surface area is 111 Å². The van der Waals surface area contributed by atoms with Gasteiger partial charge < -0.3 is 11.1 Å². The maximum absolute atomic E-state index is 12.6. The molecular weight excluding hydrogens is 290 g/mol. The minimum Gasteiger partial charge on any atom is -0.351 e. The molecular formula is C11H16F6N2O. The minimum atomic E-state index is -4.96. The van der Waals surface area contributed by atoms with Crippen molar-refractivity contribution in [3.05, 3.63) is 0 Å². The molecule has 1 saturated carbocycles. The molecule has 0 saturated heterocycles. The van der Waals surface area contributed by atoms with Gasteiger partial charge in [-0.3, -0.25) is 4.79 Å². The number of alkyl halides is 6. The van der Waals surface area contributed by atoms with Crippen LogP contribution < -0.4 is 11.1 Å². The molecule has 0 aliphatic heterocycles. The van der Waals surface area contributed by atoms with Gasteiger partial charge in [0.15, 0.2) is 5.54 Å². The van der Waals surface area contributed by atoms with Crippen molar-refractivity contribution < 1.29 is 31.1 Å². The second kappa shape index (κ2) is 5.42. The highest BCUT2D eigenvalue weighted by Crippen LogP contribution is 2.38. The number of hydrogen-bond donors (Lipinski definition) is 2. The lowest BCUT2D eigenvalue weighted by Gasteiger charge is -2.34. The molecule has 9 heteroatoms. The van der Waals surface area contributed by atoms with E-state index in [-0.39, 0.29) is 19.3 Å². The number of carbonyl (C=O) groups is 1. The zero-order chi connectivity index (χ0) is 15.8. The highest BCUT2D eigenvalue weighted by atomic mass is 19.4. The van der Waals surface area contributed by atoms with Crippen LogP contribution in [0.3, 0.4) is 0 Å². The van der Waals surface area contributed by atoms with Crippen LogP contribution in [-0.2, 0) is 4.79 Å². The Morgan fingerprint density at radius 1 is 1.15 bits per heavy atom. The Hall–Kier alpha value is -0.990. The Morgan fingerprint density at radius 3 is 2.15 bits per heavy atom. The lowest BCUT2D eigenvalue weighted by Crippen LogP contribution is -2.63. The monoisotopic (exact) mass is 306 g/mol. The summed E-state index contributed by atoms with van der Waals surface area (Å²) in [4.78, 5) is 11.5. The molecule has 0 aromatic heterocycles. The van der Waals surface area contributed by atoms with Crippen molar-refractivity contribution in [3.63, 3.8) is 0 Å². The highest BCUT2D eigenvalue weighted by Gasteiger charge is 2.54. The summed E-state index contributed by atoms with van der Waals surface area (Å²) in [6.45, 7) is 0.492. The van der Waals surface area contributed by atoms with Crippen molar-refractivity contribution in [2.24, 2.45) is 11.7 Å². The molecule has 3 unspecified atom stereocenters. The Balaban J connectivity index is 2.67. The van der Waals surface area contributed by atoms with Gasteiger partial charge >= 0.3 is 12.4 Å². The van der Waals surface area contributed by atoms with E-state index in [1.54, 1.807) is 0 Å². The molecule has 1 amide bonds. The van der Waals surface area contributed by atoms with Crippen LogP contribution in [0.5, 0.6) is 0 Å². The van der Waals surface area contributed by atoms with Crippen molar-refractivity contribution in [1.82, 2.24) is 5.32 Å². The molecule has 0 heterocycles. The molecule has 1 aliphatic rings. The number of halogens is 6. The predicted molar refractivity (Wildman–Crippen MR) is 58.6 cm³/mol. The summed E-state index contributed by atoms with van der Waals surface area (Å²) < 4.78 is 75.3. The fourth-order valence-electron chi connectivity index (χ4n) is 2.08. The summed E-state index contributed by atoms with van der Waals surface area (Å²) in [5, 5.41) is 1.98. The maximum atomic E-state index is 12.6. The molecule has 3 atom stereocenters. The van der Waals surface area contributed by atoms with Crippen molar-refractivity contribution in [2.75, 3.05) is 0 Å². The van der Waals surface area contributed by atoms with E-state index in [4.69, 9.17) is 5.73 Å². The molecule has 0 bridgehead atoms. The fraction of sp³-hybridized carbons (Fsp3) is 0.909. The number of carbonyl (C=O) groups excluding carboxylic acids is 1. The van der Waals surface area contributed by atoms with Gasteiger partial charge in [-0.25, -0.2) is 0 Å². The number of rotatable bonds is 2. The lowest BCUT2D eigenvalue weighted by atomic mass is 9.85. The van der Waals surface area contributed by atoms with E-state index in [2.05, 4.69) is 0 Å². The first-order chi connectivity index (χ1) is 8.85. The van der Waals surface area contributed by atoms with Crippen molar-refractivity contribution in [3.8, 4) is 0 Å². The number of hydrogen-bond acceptors (Lipinski definition) is 2. The summed E-state index contributed by atoms with van der Waals surface area (Å²) in [5.41, 5.74) is 1.80. The van der Waals surface area contributed by atoms with E-state index in [0.29, 0.717) is 6.92 Å².